The number of hydrogen-bond donors (Lipinski definition) is 1. The smallest absolute Gasteiger partial charge is 0.204 e. The van der Waals surface area contributed by atoms with Gasteiger partial charge in [-0.3, -0.25) is 0 Å². The fourth-order valence-electron chi connectivity index (χ4n) is 4.64. The van der Waals surface area contributed by atoms with Gasteiger partial charge in [0.2, 0.25) is 5.75 Å². The van der Waals surface area contributed by atoms with Crippen LogP contribution < -0.4 is 18.9 Å². The van der Waals surface area contributed by atoms with Crippen molar-refractivity contribution in [1.29, 1.82) is 0 Å². The molecular formula is C21H25NO6. The maximum Gasteiger partial charge on any atom is 0.204 e. The monoisotopic (exact) mass is 387 g/mol. The molecule has 1 aliphatic carbocycles. The van der Waals surface area contributed by atoms with Crippen LogP contribution in [0.1, 0.15) is 22.7 Å². The van der Waals surface area contributed by atoms with E-state index in [2.05, 4.69) is 0 Å². The first-order valence-electron chi connectivity index (χ1n) is 9.19. The summed E-state index contributed by atoms with van der Waals surface area (Å²) in [6.45, 7) is 0.435. The van der Waals surface area contributed by atoms with Crippen LogP contribution in [0.5, 0.6) is 28.7 Å². The molecule has 28 heavy (non-hydrogen) atoms. The second kappa shape index (κ2) is 6.46. The van der Waals surface area contributed by atoms with Gasteiger partial charge >= 0.3 is 0 Å². The zero-order chi connectivity index (χ0) is 20.2. The molecule has 0 fully saturated rings. The fraction of sp³-hybridized carbons (Fsp3) is 0.429. The van der Waals surface area contributed by atoms with Crippen LogP contribution in [0.2, 0.25) is 0 Å². The molecule has 150 valence electrons. The predicted molar refractivity (Wildman–Crippen MR) is 104 cm³/mol. The highest BCUT2D eigenvalue weighted by atomic mass is 16.5. The van der Waals surface area contributed by atoms with Crippen molar-refractivity contribution in [3.63, 3.8) is 0 Å². The number of phenols is 1. The van der Waals surface area contributed by atoms with Crippen molar-refractivity contribution < 1.29 is 28.7 Å². The van der Waals surface area contributed by atoms with Crippen LogP contribution in [0.15, 0.2) is 12.1 Å². The number of fused-ring (bicyclic) bond motifs is 2. The third-order valence-electron chi connectivity index (χ3n) is 6.03. The molecule has 0 amide bonds. The summed E-state index contributed by atoms with van der Waals surface area (Å²) in [5, 5.41) is 24.4. The lowest BCUT2D eigenvalue weighted by atomic mass is 9.75. The Labute approximate surface area is 164 Å². The fourth-order valence-corrected chi connectivity index (χ4v) is 4.64. The molecule has 0 aromatic heterocycles. The van der Waals surface area contributed by atoms with E-state index in [9.17, 15) is 10.3 Å². The Bertz CT molecular complexity index is 953. The molecule has 0 spiro atoms. The standard InChI is InChI=1S/C21H25NO6/c1-22(24)7-6-12-17-14(22)8-11-9-15(25-2)16(26-3)10-13(11)18(17)19(23)21(28-5)20(12)27-4/h9-10,14,23H,6-8H2,1-5H3/t14-,22?/m0/s1. The Hall–Kier alpha value is -2.64. The van der Waals surface area contributed by atoms with Crippen molar-refractivity contribution in [3.8, 4) is 39.9 Å². The Morgan fingerprint density at radius 2 is 1.64 bits per heavy atom. The van der Waals surface area contributed by atoms with E-state index in [1.165, 1.54) is 7.11 Å². The second-order valence-electron chi connectivity index (χ2n) is 7.41. The van der Waals surface area contributed by atoms with Crippen LogP contribution in [0.25, 0.3) is 11.1 Å². The molecule has 2 atom stereocenters. The first kappa shape index (κ1) is 18.7. The maximum absolute atomic E-state index is 13.3. The summed E-state index contributed by atoms with van der Waals surface area (Å²) in [6, 6.07) is 3.41. The van der Waals surface area contributed by atoms with Gasteiger partial charge in [-0.25, -0.2) is 0 Å². The first-order chi connectivity index (χ1) is 13.4. The van der Waals surface area contributed by atoms with Crippen molar-refractivity contribution in [2.24, 2.45) is 0 Å². The molecular weight excluding hydrogens is 362 g/mol. The summed E-state index contributed by atoms with van der Waals surface area (Å²) in [5.41, 5.74) is 4.17. The number of hydrogen-bond acceptors (Lipinski definition) is 6. The Kier molecular flexibility index (Phi) is 4.32. The van der Waals surface area contributed by atoms with Crippen LogP contribution in [0.4, 0.5) is 0 Å². The Balaban J connectivity index is 2.11. The molecule has 1 aliphatic heterocycles. The molecule has 2 aromatic carbocycles. The largest absolute Gasteiger partial charge is 0.633 e. The van der Waals surface area contributed by atoms with Crippen LogP contribution in [0, 0.1) is 5.21 Å². The molecule has 7 nitrogen and oxygen atoms in total. The van der Waals surface area contributed by atoms with Gasteiger partial charge < -0.3 is 33.9 Å². The SMILES string of the molecule is COc1cc2c(cc1OC)-c1c(O)c(OC)c(OC)c3c1[C@H](C2)[N+](C)([O-])CC3. The van der Waals surface area contributed by atoms with Gasteiger partial charge in [-0.05, 0) is 23.3 Å². The Morgan fingerprint density at radius 1 is 1.00 bits per heavy atom. The lowest BCUT2D eigenvalue weighted by molar-refractivity contribution is -0.894. The van der Waals surface area contributed by atoms with Gasteiger partial charge in [0.05, 0.1) is 42.0 Å². The minimum Gasteiger partial charge on any atom is -0.633 e. The number of nitrogens with zero attached hydrogens (tertiary/aromatic N) is 1. The van der Waals surface area contributed by atoms with E-state index in [0.29, 0.717) is 47.9 Å². The quantitative estimate of drug-likeness (QED) is 0.641. The number of methoxy groups -OCH3 is 4. The zero-order valence-electron chi connectivity index (χ0n) is 16.8. The molecule has 2 aromatic rings. The van der Waals surface area contributed by atoms with Crippen molar-refractivity contribution in [2.75, 3.05) is 42.0 Å². The van der Waals surface area contributed by atoms with Crippen LogP contribution in [-0.4, -0.2) is 51.8 Å². The molecule has 0 bridgehead atoms. The molecule has 1 N–H and O–H groups in total. The normalized spacial score (nSPS) is 22.1. The average molecular weight is 387 g/mol. The molecule has 0 saturated carbocycles. The minimum absolute atomic E-state index is 0.0156. The highest BCUT2D eigenvalue weighted by Crippen LogP contribution is 2.58. The predicted octanol–water partition coefficient (Wildman–Crippen LogP) is 3.19. The van der Waals surface area contributed by atoms with Gasteiger partial charge in [0, 0.05) is 29.5 Å². The third kappa shape index (κ3) is 2.43. The highest BCUT2D eigenvalue weighted by Gasteiger charge is 2.44. The lowest BCUT2D eigenvalue weighted by Gasteiger charge is -2.51. The number of ether oxygens (including phenoxy) is 4. The summed E-state index contributed by atoms with van der Waals surface area (Å²) >= 11 is 0. The molecule has 1 unspecified atom stereocenters. The van der Waals surface area contributed by atoms with E-state index in [1.54, 1.807) is 28.4 Å². The van der Waals surface area contributed by atoms with Gasteiger partial charge in [-0.1, -0.05) is 0 Å². The van der Waals surface area contributed by atoms with Crippen molar-refractivity contribution >= 4 is 0 Å². The number of likely N-dealkylation sites (N-methyl/N-ethyl adjacent to an activating group) is 1. The average Bonchev–Trinajstić information content (AvgIpc) is 2.69. The summed E-state index contributed by atoms with van der Waals surface area (Å²) in [7, 11) is 7.91. The minimum atomic E-state index is -0.400. The highest BCUT2D eigenvalue weighted by molar-refractivity contribution is 5.86. The van der Waals surface area contributed by atoms with E-state index >= 15 is 0 Å². The number of benzene rings is 2. The molecule has 4 rings (SSSR count). The van der Waals surface area contributed by atoms with Crippen LogP contribution in [0.3, 0.4) is 0 Å². The number of quaternary nitrogens is 1. The van der Waals surface area contributed by atoms with Gasteiger partial charge in [-0.15, -0.1) is 0 Å². The zero-order valence-corrected chi connectivity index (χ0v) is 16.8. The lowest BCUT2D eigenvalue weighted by Crippen LogP contribution is -2.48. The molecule has 1 heterocycles. The Morgan fingerprint density at radius 3 is 2.25 bits per heavy atom. The summed E-state index contributed by atoms with van der Waals surface area (Å²) in [6.07, 6.45) is 1.10. The molecule has 2 aliphatic rings. The van der Waals surface area contributed by atoms with Crippen molar-refractivity contribution in [3.05, 3.63) is 34.0 Å². The van der Waals surface area contributed by atoms with Crippen molar-refractivity contribution in [2.45, 2.75) is 18.9 Å². The van der Waals surface area contributed by atoms with Gasteiger partial charge in [-0.2, -0.15) is 0 Å². The van der Waals surface area contributed by atoms with Crippen LogP contribution in [-0.2, 0) is 12.8 Å². The first-order valence-corrected chi connectivity index (χ1v) is 9.19. The van der Waals surface area contributed by atoms with E-state index in [0.717, 1.165) is 22.3 Å². The number of aromatic hydroxyl groups is 1. The van der Waals surface area contributed by atoms with E-state index in [-0.39, 0.29) is 11.8 Å². The number of phenolic OH excluding ortho intramolecular Hbond substituents is 1. The molecule has 0 saturated heterocycles. The van der Waals surface area contributed by atoms with E-state index < -0.39 is 4.65 Å². The summed E-state index contributed by atoms with van der Waals surface area (Å²) < 4.78 is 21.6. The number of rotatable bonds is 4. The van der Waals surface area contributed by atoms with E-state index in [1.807, 2.05) is 12.1 Å². The maximum atomic E-state index is 13.3. The van der Waals surface area contributed by atoms with Crippen LogP contribution >= 0.6 is 0 Å². The summed E-state index contributed by atoms with van der Waals surface area (Å²) in [4.78, 5) is 0. The van der Waals surface area contributed by atoms with Crippen molar-refractivity contribution in [1.82, 2.24) is 0 Å². The van der Waals surface area contributed by atoms with Gasteiger partial charge in [0.25, 0.3) is 0 Å². The number of hydroxylamine groups is 3. The van der Waals surface area contributed by atoms with Gasteiger partial charge in [0.15, 0.2) is 23.0 Å². The van der Waals surface area contributed by atoms with Gasteiger partial charge in [0.1, 0.15) is 6.04 Å². The molecule has 7 heteroatoms. The third-order valence-corrected chi connectivity index (χ3v) is 6.03. The topological polar surface area (TPSA) is 80.2 Å². The summed E-state index contributed by atoms with van der Waals surface area (Å²) in [5.74, 6) is 1.95. The van der Waals surface area contributed by atoms with E-state index in [4.69, 9.17) is 18.9 Å². The second-order valence-corrected chi connectivity index (χ2v) is 7.41. The molecule has 0 radical (unpaired) electrons.